The van der Waals surface area contributed by atoms with E-state index in [2.05, 4.69) is 37.6 Å². The van der Waals surface area contributed by atoms with E-state index >= 15 is 0 Å². The first-order valence-corrected chi connectivity index (χ1v) is 12.0. The summed E-state index contributed by atoms with van der Waals surface area (Å²) in [7, 11) is 6.00. The van der Waals surface area contributed by atoms with Crippen LogP contribution >= 0.6 is 0 Å². The SMILES string of the molecule is CN(C)c1ccc2nccc(Nc3ccc(C(=O)Nc4cccc(N=c5ccn(C)cc5)c4)cc3)c2c1. The van der Waals surface area contributed by atoms with E-state index in [0.29, 0.717) is 11.3 Å². The van der Waals surface area contributed by atoms with Gasteiger partial charge in [-0.15, -0.1) is 0 Å². The standard InChI is InChI=1S/C30H28N6O/c1-35(2)26-11-12-28-27(20-26)29(13-16-31-28)33-22-9-7-21(8-10-22)30(37)34-25-6-4-5-24(19-25)32-23-14-17-36(3)18-15-23/h4-20H,1-3H3,(H,31,33)(H,34,37). The van der Waals surface area contributed by atoms with Crippen molar-refractivity contribution in [3.8, 4) is 0 Å². The molecule has 7 nitrogen and oxygen atoms in total. The summed E-state index contributed by atoms with van der Waals surface area (Å²) in [5.41, 5.74) is 5.89. The molecule has 7 heteroatoms. The summed E-state index contributed by atoms with van der Waals surface area (Å²) in [6.07, 6.45) is 5.68. The first-order chi connectivity index (χ1) is 17.9. The normalized spacial score (nSPS) is 10.7. The number of nitrogens with zero attached hydrogens (tertiary/aromatic N) is 4. The zero-order valence-corrected chi connectivity index (χ0v) is 21.0. The molecule has 3 aromatic carbocycles. The largest absolute Gasteiger partial charge is 0.378 e. The number of rotatable bonds is 6. The fourth-order valence-electron chi connectivity index (χ4n) is 3.96. The van der Waals surface area contributed by atoms with Crippen molar-refractivity contribution in [3.05, 3.63) is 114 Å². The predicted octanol–water partition coefficient (Wildman–Crippen LogP) is 5.87. The molecular weight excluding hydrogens is 460 g/mol. The minimum absolute atomic E-state index is 0.180. The van der Waals surface area contributed by atoms with E-state index in [-0.39, 0.29) is 5.91 Å². The molecule has 0 saturated carbocycles. The second-order valence-electron chi connectivity index (χ2n) is 8.99. The minimum atomic E-state index is -0.180. The molecule has 1 amide bonds. The molecule has 0 aliphatic heterocycles. The molecule has 0 bridgehead atoms. The van der Waals surface area contributed by atoms with Gasteiger partial charge in [-0.05, 0) is 78.9 Å². The van der Waals surface area contributed by atoms with Crippen LogP contribution in [0.15, 0.2) is 109 Å². The fourth-order valence-corrected chi connectivity index (χ4v) is 3.96. The number of carbonyl (C=O) groups excluding carboxylic acids is 1. The number of anilines is 4. The lowest BCUT2D eigenvalue weighted by molar-refractivity contribution is 0.102. The van der Waals surface area contributed by atoms with Crippen molar-refractivity contribution in [2.45, 2.75) is 0 Å². The summed E-state index contributed by atoms with van der Waals surface area (Å²) in [4.78, 5) is 24.1. The van der Waals surface area contributed by atoms with Crippen molar-refractivity contribution in [2.24, 2.45) is 12.0 Å². The summed E-state index contributed by atoms with van der Waals surface area (Å²) in [6.45, 7) is 0. The lowest BCUT2D eigenvalue weighted by Gasteiger charge is -2.15. The summed E-state index contributed by atoms with van der Waals surface area (Å²) < 4.78 is 1.96. The lowest BCUT2D eigenvalue weighted by atomic mass is 10.1. The Kier molecular flexibility index (Phi) is 6.68. The topological polar surface area (TPSA) is 74.6 Å². The molecule has 2 aromatic heterocycles. The van der Waals surface area contributed by atoms with Crippen LogP contribution in [0, 0.1) is 0 Å². The third-order valence-corrected chi connectivity index (χ3v) is 5.99. The van der Waals surface area contributed by atoms with E-state index in [0.717, 1.165) is 39.0 Å². The predicted molar refractivity (Wildman–Crippen MR) is 151 cm³/mol. The lowest BCUT2D eigenvalue weighted by Crippen LogP contribution is -2.11. The van der Waals surface area contributed by atoms with Crippen LogP contribution in [-0.4, -0.2) is 29.6 Å². The summed E-state index contributed by atoms with van der Waals surface area (Å²) in [5, 5.41) is 8.31. The molecule has 5 rings (SSSR count). The van der Waals surface area contributed by atoms with Gasteiger partial charge in [-0.2, -0.15) is 0 Å². The van der Waals surface area contributed by atoms with Crippen LogP contribution in [0.4, 0.5) is 28.4 Å². The quantitative estimate of drug-likeness (QED) is 0.314. The molecular formula is C30H28N6O. The molecule has 0 atom stereocenters. The van der Waals surface area contributed by atoms with E-state index in [1.54, 1.807) is 6.20 Å². The number of amides is 1. The van der Waals surface area contributed by atoms with Gasteiger partial charge in [0.2, 0.25) is 0 Å². The van der Waals surface area contributed by atoms with Crippen LogP contribution in [0.5, 0.6) is 0 Å². The average Bonchev–Trinajstić information content (AvgIpc) is 2.90. The minimum Gasteiger partial charge on any atom is -0.378 e. The van der Waals surface area contributed by atoms with Crippen molar-refractivity contribution in [2.75, 3.05) is 29.6 Å². The summed E-state index contributed by atoms with van der Waals surface area (Å²) in [5.74, 6) is -0.180. The van der Waals surface area contributed by atoms with Crippen molar-refractivity contribution in [1.29, 1.82) is 0 Å². The highest BCUT2D eigenvalue weighted by molar-refractivity contribution is 6.04. The number of nitrogens with one attached hydrogen (secondary N) is 2. The number of benzene rings is 3. The van der Waals surface area contributed by atoms with Gasteiger partial charge in [-0.1, -0.05) is 6.07 Å². The third-order valence-electron chi connectivity index (χ3n) is 5.99. The molecule has 184 valence electrons. The summed E-state index contributed by atoms with van der Waals surface area (Å²) >= 11 is 0. The first kappa shape index (κ1) is 23.8. The molecule has 0 unspecified atom stereocenters. The molecule has 2 N–H and O–H groups in total. The molecule has 0 radical (unpaired) electrons. The van der Waals surface area contributed by atoms with Crippen LogP contribution in [0.1, 0.15) is 10.4 Å². The molecule has 5 aromatic rings. The Balaban J connectivity index is 1.30. The Morgan fingerprint density at radius 3 is 2.43 bits per heavy atom. The Hall–Kier alpha value is -4.91. The molecule has 0 fully saturated rings. The van der Waals surface area contributed by atoms with Gasteiger partial charge in [0.15, 0.2) is 0 Å². The van der Waals surface area contributed by atoms with Gasteiger partial charge in [0.25, 0.3) is 5.91 Å². The number of aryl methyl sites for hydroxylation is 1. The highest BCUT2D eigenvalue weighted by Crippen LogP contribution is 2.28. The number of aromatic nitrogens is 2. The number of hydrogen-bond donors (Lipinski definition) is 2. The van der Waals surface area contributed by atoms with E-state index in [1.165, 1.54) is 0 Å². The maximum Gasteiger partial charge on any atom is 0.255 e. The Morgan fingerprint density at radius 2 is 1.68 bits per heavy atom. The average molecular weight is 489 g/mol. The van der Waals surface area contributed by atoms with Crippen LogP contribution in [0.3, 0.4) is 0 Å². The van der Waals surface area contributed by atoms with E-state index in [4.69, 9.17) is 0 Å². The van der Waals surface area contributed by atoms with Crippen LogP contribution in [-0.2, 0) is 7.05 Å². The van der Waals surface area contributed by atoms with Gasteiger partial charge < -0.3 is 20.1 Å². The van der Waals surface area contributed by atoms with Gasteiger partial charge in [0, 0.05) is 73.4 Å². The third kappa shape index (κ3) is 5.67. The smallest absolute Gasteiger partial charge is 0.255 e. The zero-order chi connectivity index (χ0) is 25.8. The summed E-state index contributed by atoms with van der Waals surface area (Å²) in [6, 6.07) is 27.0. The number of pyridine rings is 2. The Labute approximate surface area is 215 Å². The van der Waals surface area contributed by atoms with Gasteiger partial charge in [0.1, 0.15) is 0 Å². The number of fused-ring (bicyclic) bond motifs is 1. The van der Waals surface area contributed by atoms with E-state index < -0.39 is 0 Å². The highest BCUT2D eigenvalue weighted by atomic mass is 16.1. The van der Waals surface area contributed by atoms with Crippen molar-refractivity contribution < 1.29 is 4.79 Å². The molecule has 0 saturated heterocycles. The van der Waals surface area contributed by atoms with Gasteiger partial charge in [-0.25, -0.2) is 4.99 Å². The monoisotopic (exact) mass is 488 g/mol. The fraction of sp³-hybridized carbons (Fsp3) is 0.100. The van der Waals surface area contributed by atoms with Crippen molar-refractivity contribution in [1.82, 2.24) is 9.55 Å². The van der Waals surface area contributed by atoms with Crippen LogP contribution < -0.4 is 20.9 Å². The Morgan fingerprint density at radius 1 is 0.892 bits per heavy atom. The van der Waals surface area contributed by atoms with E-state index in [9.17, 15) is 4.79 Å². The van der Waals surface area contributed by atoms with E-state index in [1.807, 2.05) is 111 Å². The Bertz CT molecular complexity index is 1620. The maximum atomic E-state index is 12.9. The number of hydrogen-bond acceptors (Lipinski definition) is 5. The van der Waals surface area contributed by atoms with Gasteiger partial charge in [-0.3, -0.25) is 9.78 Å². The number of carbonyl (C=O) groups is 1. The second-order valence-corrected chi connectivity index (χ2v) is 8.99. The molecule has 2 heterocycles. The molecule has 0 aliphatic rings. The van der Waals surface area contributed by atoms with Gasteiger partial charge >= 0.3 is 0 Å². The first-order valence-electron chi connectivity index (χ1n) is 12.0. The van der Waals surface area contributed by atoms with Crippen molar-refractivity contribution >= 4 is 45.2 Å². The van der Waals surface area contributed by atoms with Crippen LogP contribution in [0.2, 0.25) is 0 Å². The molecule has 0 aliphatic carbocycles. The highest BCUT2D eigenvalue weighted by Gasteiger charge is 2.09. The van der Waals surface area contributed by atoms with Gasteiger partial charge in [0.05, 0.1) is 16.6 Å². The van der Waals surface area contributed by atoms with Crippen LogP contribution in [0.25, 0.3) is 10.9 Å². The second kappa shape index (κ2) is 10.4. The molecule has 0 spiro atoms. The van der Waals surface area contributed by atoms with Crippen molar-refractivity contribution in [3.63, 3.8) is 0 Å². The maximum absolute atomic E-state index is 12.9. The molecule has 37 heavy (non-hydrogen) atoms. The zero-order valence-electron chi connectivity index (χ0n) is 21.0.